The summed E-state index contributed by atoms with van der Waals surface area (Å²) < 4.78 is 5.19. The van der Waals surface area contributed by atoms with Crippen molar-refractivity contribution in [3.8, 4) is 11.9 Å². The van der Waals surface area contributed by atoms with E-state index >= 15 is 0 Å². The van der Waals surface area contributed by atoms with Crippen molar-refractivity contribution in [3.05, 3.63) is 46.7 Å². The van der Waals surface area contributed by atoms with E-state index in [1.807, 2.05) is 13.0 Å². The molecule has 0 spiro atoms. The summed E-state index contributed by atoms with van der Waals surface area (Å²) in [6.45, 7) is 2.02. The number of carbonyl (C=O) groups excluding carboxylic acids is 1. The molecule has 2 aliphatic rings. The number of isocyanates is 1. The van der Waals surface area contributed by atoms with Crippen LogP contribution in [0.25, 0.3) is 0 Å². The Morgan fingerprint density at radius 2 is 2.36 bits per heavy atom. The Morgan fingerprint density at radius 3 is 3.05 bits per heavy atom. The molecule has 0 aliphatic heterocycles. The maximum atomic E-state index is 11.1. The van der Waals surface area contributed by atoms with Gasteiger partial charge in [-0.1, -0.05) is 11.6 Å². The average molecular weight is 293 g/mol. The number of aliphatic imine (C=N–C) groups is 1. The van der Waals surface area contributed by atoms with E-state index in [-0.39, 0.29) is 5.92 Å². The van der Waals surface area contributed by atoms with E-state index in [2.05, 4.69) is 22.1 Å². The summed E-state index contributed by atoms with van der Waals surface area (Å²) in [6, 6.07) is 5.74. The fraction of sp³-hybridized carbons (Fsp3) is 0.353. The summed E-state index contributed by atoms with van der Waals surface area (Å²) in [5.74, 6) is 0.563. The molecule has 5 heteroatoms. The van der Waals surface area contributed by atoms with Crippen molar-refractivity contribution < 1.29 is 9.53 Å². The molecule has 0 radical (unpaired) electrons. The molecular weight excluding hydrogens is 278 g/mol. The van der Waals surface area contributed by atoms with Crippen LogP contribution in [-0.2, 0) is 16.8 Å². The van der Waals surface area contributed by atoms with Gasteiger partial charge in [-0.15, -0.1) is 0 Å². The van der Waals surface area contributed by atoms with Crippen LogP contribution in [0.1, 0.15) is 24.6 Å². The molecule has 2 bridgehead atoms. The molecule has 0 aromatic carbocycles. The third-order valence-corrected chi connectivity index (χ3v) is 4.37. The average Bonchev–Trinajstić information content (AvgIpc) is 2.49. The van der Waals surface area contributed by atoms with Gasteiger partial charge in [0.1, 0.15) is 5.54 Å². The molecular formula is C17H15N3O2. The zero-order valence-corrected chi connectivity index (χ0v) is 12.5. The Labute approximate surface area is 128 Å². The second kappa shape index (κ2) is 5.25. The van der Waals surface area contributed by atoms with Gasteiger partial charge < -0.3 is 4.74 Å². The summed E-state index contributed by atoms with van der Waals surface area (Å²) in [5, 5.41) is 9.13. The lowest BCUT2D eigenvalue weighted by Gasteiger charge is -2.43. The van der Waals surface area contributed by atoms with E-state index in [0.29, 0.717) is 18.7 Å². The highest BCUT2D eigenvalue weighted by atomic mass is 16.5. The monoisotopic (exact) mass is 293 g/mol. The van der Waals surface area contributed by atoms with Crippen molar-refractivity contribution in [2.24, 2.45) is 10.9 Å². The molecule has 1 aromatic heterocycles. The summed E-state index contributed by atoms with van der Waals surface area (Å²) >= 11 is 0. The molecule has 22 heavy (non-hydrogen) atoms. The van der Waals surface area contributed by atoms with Gasteiger partial charge in [-0.25, -0.2) is 9.78 Å². The fourth-order valence-electron chi connectivity index (χ4n) is 3.60. The quantitative estimate of drug-likeness (QED) is 0.363. The van der Waals surface area contributed by atoms with Crippen LogP contribution in [0.2, 0.25) is 0 Å². The van der Waals surface area contributed by atoms with Gasteiger partial charge in [0.2, 0.25) is 12.0 Å². The molecule has 2 aliphatic carbocycles. The summed E-state index contributed by atoms with van der Waals surface area (Å²) in [7, 11) is 1.57. The van der Waals surface area contributed by atoms with E-state index in [4.69, 9.17) is 10.00 Å². The van der Waals surface area contributed by atoms with Crippen LogP contribution in [0, 0.1) is 17.2 Å². The predicted molar refractivity (Wildman–Crippen MR) is 79.9 cm³/mol. The minimum Gasteiger partial charge on any atom is -0.481 e. The Morgan fingerprint density at radius 1 is 1.55 bits per heavy atom. The van der Waals surface area contributed by atoms with Crippen LogP contribution in [0.5, 0.6) is 5.88 Å². The van der Waals surface area contributed by atoms with Crippen molar-refractivity contribution >= 4 is 6.08 Å². The molecule has 2 atom stereocenters. The highest BCUT2D eigenvalue weighted by Crippen LogP contribution is 2.52. The Bertz CT molecular complexity index is 782. The normalized spacial score (nSPS) is 27.2. The maximum absolute atomic E-state index is 11.1. The van der Waals surface area contributed by atoms with Gasteiger partial charge >= 0.3 is 0 Å². The predicted octanol–water partition coefficient (Wildman–Crippen LogP) is 2.59. The Kier molecular flexibility index (Phi) is 3.40. The minimum absolute atomic E-state index is 0.0256. The largest absolute Gasteiger partial charge is 0.481 e. The molecule has 5 nitrogen and oxygen atoms in total. The standard InChI is InChI=1S/C17H15N3O2/c1-11-7-12-8-15-14(3-4-16(20-15)22-2)17(9-11,19-10-21)13(12)5-6-18/h3-5,7,12H,8-9H2,1-2H3/t12-,17+/m1/s1. The van der Waals surface area contributed by atoms with Gasteiger partial charge in [-0.2, -0.15) is 10.3 Å². The molecule has 0 saturated carbocycles. The van der Waals surface area contributed by atoms with Gasteiger partial charge in [-0.3, -0.25) is 0 Å². The number of methoxy groups -OCH3 is 1. The first kappa shape index (κ1) is 14.2. The summed E-state index contributed by atoms with van der Waals surface area (Å²) in [5.41, 5.74) is 2.88. The second-order valence-corrected chi connectivity index (χ2v) is 5.64. The highest BCUT2D eigenvalue weighted by Gasteiger charge is 2.47. The van der Waals surface area contributed by atoms with E-state index in [1.54, 1.807) is 19.3 Å². The summed E-state index contributed by atoms with van der Waals surface area (Å²) in [4.78, 5) is 19.7. The van der Waals surface area contributed by atoms with Crippen molar-refractivity contribution in [3.63, 3.8) is 0 Å². The lowest BCUT2D eigenvalue weighted by molar-refractivity contribution is 0.380. The van der Waals surface area contributed by atoms with Crippen molar-refractivity contribution in [1.29, 1.82) is 5.26 Å². The number of rotatable bonds is 2. The second-order valence-electron chi connectivity index (χ2n) is 5.64. The van der Waals surface area contributed by atoms with Gasteiger partial charge in [0.25, 0.3) is 0 Å². The van der Waals surface area contributed by atoms with E-state index in [9.17, 15) is 4.79 Å². The van der Waals surface area contributed by atoms with Crippen LogP contribution < -0.4 is 4.74 Å². The van der Waals surface area contributed by atoms with E-state index in [0.717, 1.165) is 22.4 Å². The maximum Gasteiger partial charge on any atom is 0.236 e. The van der Waals surface area contributed by atoms with Crippen LogP contribution in [0.15, 0.2) is 40.4 Å². The number of nitrogens with zero attached hydrogens (tertiary/aromatic N) is 3. The topological polar surface area (TPSA) is 75.3 Å². The van der Waals surface area contributed by atoms with Crippen molar-refractivity contribution in [2.45, 2.75) is 25.3 Å². The van der Waals surface area contributed by atoms with Crippen molar-refractivity contribution in [1.82, 2.24) is 4.98 Å². The molecule has 0 fully saturated rings. The zero-order chi connectivity index (χ0) is 15.7. The SMILES string of the molecule is COc1ccc2c(n1)C[C@H]1C=C(C)C[C@]2(N=C=O)C1=CC#N. The van der Waals surface area contributed by atoms with Gasteiger partial charge in [0.05, 0.1) is 18.9 Å². The number of nitriles is 1. The lowest BCUT2D eigenvalue weighted by Crippen LogP contribution is -2.39. The first-order valence-corrected chi connectivity index (χ1v) is 7.05. The molecule has 0 amide bonds. The van der Waals surface area contributed by atoms with Crippen LogP contribution in [0.4, 0.5) is 0 Å². The van der Waals surface area contributed by atoms with Gasteiger partial charge in [0.15, 0.2) is 0 Å². The first-order chi connectivity index (χ1) is 10.6. The van der Waals surface area contributed by atoms with E-state index in [1.165, 1.54) is 6.08 Å². The van der Waals surface area contributed by atoms with Gasteiger partial charge in [0, 0.05) is 36.5 Å². The van der Waals surface area contributed by atoms with Crippen LogP contribution in [0.3, 0.4) is 0 Å². The molecule has 1 heterocycles. The minimum atomic E-state index is -0.853. The highest BCUT2D eigenvalue weighted by molar-refractivity contribution is 5.54. The number of hydrogen-bond donors (Lipinski definition) is 0. The van der Waals surface area contributed by atoms with Crippen LogP contribution in [-0.4, -0.2) is 18.2 Å². The first-order valence-electron chi connectivity index (χ1n) is 7.05. The number of hydrogen-bond acceptors (Lipinski definition) is 5. The van der Waals surface area contributed by atoms with Crippen molar-refractivity contribution in [2.75, 3.05) is 7.11 Å². The number of pyridine rings is 1. The Balaban J connectivity index is 2.31. The molecule has 3 rings (SSSR count). The smallest absolute Gasteiger partial charge is 0.236 e. The number of aromatic nitrogens is 1. The third-order valence-electron chi connectivity index (χ3n) is 4.37. The fourth-order valence-corrected chi connectivity index (χ4v) is 3.60. The number of allylic oxidation sites excluding steroid dienone is 2. The molecule has 110 valence electrons. The molecule has 1 aromatic rings. The van der Waals surface area contributed by atoms with E-state index < -0.39 is 5.54 Å². The van der Waals surface area contributed by atoms with Crippen LogP contribution >= 0.6 is 0 Å². The molecule has 0 saturated heterocycles. The number of ether oxygens (including phenoxy) is 1. The lowest BCUT2D eigenvalue weighted by atomic mass is 9.63. The Hall–Kier alpha value is -2.70. The number of fused-ring (bicyclic) bond motifs is 4. The van der Waals surface area contributed by atoms with Gasteiger partial charge in [-0.05, 0) is 18.6 Å². The molecule has 0 N–H and O–H groups in total. The zero-order valence-electron chi connectivity index (χ0n) is 12.5. The molecule has 0 unspecified atom stereocenters. The summed E-state index contributed by atoms with van der Waals surface area (Å²) in [6.07, 6.45) is 6.58. The third kappa shape index (κ3) is 1.97.